The van der Waals surface area contributed by atoms with Crippen molar-refractivity contribution in [3.8, 4) is 11.1 Å². The van der Waals surface area contributed by atoms with Gasteiger partial charge in [-0.2, -0.15) is 0 Å². The quantitative estimate of drug-likeness (QED) is 0.135. The minimum absolute atomic E-state index is 0.520. The second kappa shape index (κ2) is 17.7. The summed E-state index contributed by atoms with van der Waals surface area (Å²) in [5, 5.41) is 0. The average Bonchev–Trinajstić information content (AvgIpc) is 3.51. The first kappa shape index (κ1) is 41.0. The number of nitrogens with zero attached hydrogens (tertiary/aromatic N) is 2. The normalized spacial score (nSPS) is 14.5. The number of hydrogen-bond acceptors (Lipinski definition) is 2. The van der Waals surface area contributed by atoms with Gasteiger partial charge >= 0.3 is 0 Å². The summed E-state index contributed by atoms with van der Waals surface area (Å²) < 4.78 is 0. The Morgan fingerprint density at radius 3 is 1.49 bits per heavy atom. The molecular formula is C66H50N2. The molecule has 324 valence electrons. The molecule has 0 unspecified atom stereocenters. The molecule has 12 rings (SSSR count). The number of rotatable bonds is 10. The molecule has 0 atom stereocenters. The standard InChI is InChI=1S/C66H50N2/c1-6-19-48(20-7-1)50-34-42-59(43-35-50)68(57-31-18-22-49(33-39-57)51-36-40-58(41-37-51)67(55-27-12-4-13-28-55)56-29-14-5-15-30-56)60-44-46-62-63-45-38-52-21-16-17-32-61(52)65(63)66(64(62)47-60,53-23-8-2-9-24-53)54-25-10-3-11-26-54/h1-17,19-37,39-44,46-47H,18,38,45H2. The lowest BCUT2D eigenvalue weighted by atomic mass is 9.64. The molecule has 0 spiro atoms. The van der Waals surface area contributed by atoms with Crippen LogP contribution in [0.4, 0.5) is 28.4 Å². The Bertz CT molecular complexity index is 3290. The molecule has 68 heavy (non-hydrogen) atoms. The molecule has 0 fully saturated rings. The van der Waals surface area contributed by atoms with Crippen molar-refractivity contribution in [2.45, 2.75) is 24.7 Å². The van der Waals surface area contributed by atoms with Crippen molar-refractivity contribution >= 4 is 45.2 Å². The van der Waals surface area contributed by atoms with Gasteiger partial charge in [0.1, 0.15) is 0 Å². The van der Waals surface area contributed by atoms with E-state index in [1.807, 2.05) is 0 Å². The maximum Gasteiger partial charge on any atom is 0.0716 e. The molecular weight excluding hydrogens is 821 g/mol. The third kappa shape index (κ3) is 7.23. The summed E-state index contributed by atoms with van der Waals surface area (Å²) >= 11 is 0. The van der Waals surface area contributed by atoms with Crippen LogP contribution in [-0.2, 0) is 11.8 Å². The van der Waals surface area contributed by atoms with Crippen molar-refractivity contribution in [3.63, 3.8) is 0 Å². The highest BCUT2D eigenvalue weighted by Gasteiger charge is 2.49. The highest BCUT2D eigenvalue weighted by Crippen LogP contribution is 2.61. The lowest BCUT2D eigenvalue weighted by Gasteiger charge is -2.38. The van der Waals surface area contributed by atoms with E-state index in [0.717, 1.165) is 53.4 Å². The molecule has 9 aromatic carbocycles. The van der Waals surface area contributed by atoms with Gasteiger partial charge in [-0.05, 0) is 153 Å². The summed E-state index contributed by atoms with van der Waals surface area (Å²) in [4.78, 5) is 4.78. The zero-order valence-corrected chi connectivity index (χ0v) is 37.9. The highest BCUT2D eigenvalue weighted by molar-refractivity contribution is 6.08. The molecule has 0 aliphatic heterocycles. The molecule has 2 nitrogen and oxygen atoms in total. The number of para-hydroxylation sites is 2. The average molecular weight is 871 g/mol. The van der Waals surface area contributed by atoms with E-state index in [9.17, 15) is 0 Å². The lowest BCUT2D eigenvalue weighted by Crippen LogP contribution is -2.30. The van der Waals surface area contributed by atoms with Crippen molar-refractivity contribution in [3.05, 3.63) is 312 Å². The van der Waals surface area contributed by atoms with E-state index >= 15 is 0 Å². The third-order valence-electron chi connectivity index (χ3n) is 14.1. The number of hydrogen-bond donors (Lipinski definition) is 0. The van der Waals surface area contributed by atoms with Gasteiger partial charge in [0.05, 0.1) is 5.41 Å². The minimum atomic E-state index is -0.520. The Morgan fingerprint density at radius 2 is 0.853 bits per heavy atom. The van der Waals surface area contributed by atoms with E-state index in [1.165, 1.54) is 66.8 Å². The fourth-order valence-corrected chi connectivity index (χ4v) is 11.0. The van der Waals surface area contributed by atoms with Crippen LogP contribution in [0, 0.1) is 0 Å². The second-order valence-electron chi connectivity index (χ2n) is 17.9. The summed E-state index contributed by atoms with van der Waals surface area (Å²) in [6.45, 7) is 0. The summed E-state index contributed by atoms with van der Waals surface area (Å²) in [5.41, 5.74) is 21.9. The Morgan fingerprint density at radius 1 is 0.353 bits per heavy atom. The molecule has 0 saturated heterocycles. The van der Waals surface area contributed by atoms with Crippen LogP contribution in [-0.4, -0.2) is 0 Å². The second-order valence-corrected chi connectivity index (χ2v) is 17.9. The lowest BCUT2D eigenvalue weighted by molar-refractivity contribution is 0.808. The monoisotopic (exact) mass is 870 g/mol. The van der Waals surface area contributed by atoms with Gasteiger partial charge < -0.3 is 9.80 Å². The van der Waals surface area contributed by atoms with Gasteiger partial charge in [0.15, 0.2) is 0 Å². The van der Waals surface area contributed by atoms with Crippen LogP contribution < -0.4 is 9.80 Å². The zero-order chi connectivity index (χ0) is 45.3. The first-order chi connectivity index (χ1) is 33.7. The predicted molar refractivity (Wildman–Crippen MR) is 286 cm³/mol. The van der Waals surface area contributed by atoms with Gasteiger partial charge in [0.25, 0.3) is 0 Å². The topological polar surface area (TPSA) is 6.48 Å². The van der Waals surface area contributed by atoms with Crippen molar-refractivity contribution in [2.24, 2.45) is 0 Å². The number of allylic oxidation sites excluding steroid dienone is 7. The molecule has 2 heteroatoms. The largest absolute Gasteiger partial charge is 0.311 e. The SMILES string of the molecule is C1=CC(N(c2ccc(-c3ccccc3)cc2)c2ccc3c(c2)C(c2ccccc2)(c2ccccc2)C2=C3CCc3ccccc32)=CCC=C1c1ccc(N(c2ccccc2)c2ccccc2)cc1. The van der Waals surface area contributed by atoms with Crippen LogP contribution in [0.25, 0.3) is 27.8 Å². The van der Waals surface area contributed by atoms with Gasteiger partial charge in [0, 0.05) is 34.1 Å². The smallest absolute Gasteiger partial charge is 0.0716 e. The Balaban J connectivity index is 0.971. The van der Waals surface area contributed by atoms with Crippen LogP contribution in [0.1, 0.15) is 51.8 Å². The summed E-state index contributed by atoms with van der Waals surface area (Å²) in [6.07, 6.45) is 12.2. The Kier molecular flexibility index (Phi) is 10.7. The van der Waals surface area contributed by atoms with Crippen molar-refractivity contribution in [1.29, 1.82) is 0 Å². The van der Waals surface area contributed by atoms with E-state index in [4.69, 9.17) is 0 Å². The molecule has 0 radical (unpaired) electrons. The molecule has 0 saturated carbocycles. The van der Waals surface area contributed by atoms with Crippen molar-refractivity contribution in [1.82, 2.24) is 0 Å². The Hall–Kier alpha value is -8.46. The van der Waals surface area contributed by atoms with Gasteiger partial charge in [0.2, 0.25) is 0 Å². The van der Waals surface area contributed by atoms with Gasteiger partial charge in [-0.3, -0.25) is 0 Å². The van der Waals surface area contributed by atoms with E-state index < -0.39 is 5.41 Å². The maximum absolute atomic E-state index is 2.51. The minimum Gasteiger partial charge on any atom is -0.311 e. The van der Waals surface area contributed by atoms with Crippen LogP contribution >= 0.6 is 0 Å². The van der Waals surface area contributed by atoms with Crippen LogP contribution in [0.15, 0.2) is 273 Å². The van der Waals surface area contributed by atoms with Gasteiger partial charge in [-0.1, -0.05) is 200 Å². The molecule has 0 heterocycles. The highest BCUT2D eigenvalue weighted by atomic mass is 15.1. The van der Waals surface area contributed by atoms with Gasteiger partial charge in [-0.15, -0.1) is 0 Å². The van der Waals surface area contributed by atoms with E-state index in [1.54, 1.807) is 0 Å². The number of fused-ring (bicyclic) bond motifs is 4. The molecule has 0 aromatic heterocycles. The summed E-state index contributed by atoms with van der Waals surface area (Å²) in [7, 11) is 0. The van der Waals surface area contributed by atoms with Crippen molar-refractivity contribution in [2.75, 3.05) is 9.80 Å². The molecule has 3 aliphatic rings. The third-order valence-corrected chi connectivity index (χ3v) is 14.1. The number of benzene rings is 9. The van der Waals surface area contributed by atoms with Crippen LogP contribution in [0.5, 0.6) is 0 Å². The molecule has 3 aliphatic carbocycles. The number of aryl methyl sites for hydroxylation is 1. The molecule has 9 aromatic rings. The van der Waals surface area contributed by atoms with Crippen LogP contribution in [0.2, 0.25) is 0 Å². The summed E-state index contributed by atoms with van der Waals surface area (Å²) in [6, 6.07) is 88.9. The predicted octanol–water partition coefficient (Wildman–Crippen LogP) is 17.1. The zero-order valence-electron chi connectivity index (χ0n) is 37.9. The Labute approximate surface area is 400 Å². The van der Waals surface area contributed by atoms with Crippen LogP contribution in [0.3, 0.4) is 0 Å². The fraction of sp³-hybridized carbons (Fsp3) is 0.0606. The maximum atomic E-state index is 2.51. The molecule has 0 bridgehead atoms. The first-order valence-corrected chi connectivity index (χ1v) is 23.9. The molecule has 0 N–H and O–H groups in total. The van der Waals surface area contributed by atoms with E-state index in [2.05, 4.69) is 277 Å². The van der Waals surface area contributed by atoms with E-state index in [0.29, 0.717) is 0 Å². The van der Waals surface area contributed by atoms with Crippen molar-refractivity contribution < 1.29 is 0 Å². The van der Waals surface area contributed by atoms with E-state index in [-0.39, 0.29) is 0 Å². The molecule has 0 amide bonds. The first-order valence-electron chi connectivity index (χ1n) is 23.9. The summed E-state index contributed by atoms with van der Waals surface area (Å²) in [5.74, 6) is 0. The number of anilines is 5. The fourth-order valence-electron chi connectivity index (χ4n) is 11.0. The van der Waals surface area contributed by atoms with Gasteiger partial charge in [-0.25, -0.2) is 0 Å².